The smallest absolute Gasteiger partial charge is 0.341 e. The highest BCUT2D eigenvalue weighted by Gasteiger charge is 2.29. The van der Waals surface area contributed by atoms with E-state index in [4.69, 9.17) is 14.2 Å². The molecule has 1 N–H and O–H groups in total. The summed E-state index contributed by atoms with van der Waals surface area (Å²) in [5, 5.41) is 2.89. The molecule has 6 nitrogen and oxygen atoms in total. The number of carbonyl (C=O) groups is 2. The van der Waals surface area contributed by atoms with Crippen molar-refractivity contribution in [2.75, 3.05) is 20.8 Å². The Morgan fingerprint density at radius 2 is 2.05 bits per heavy atom. The monoisotopic (exact) mass is 307 g/mol. The average Bonchev–Trinajstić information content (AvgIpc) is 3.36. The largest absolute Gasteiger partial charge is 0.497 e. The third-order valence-electron chi connectivity index (χ3n) is 3.67. The van der Waals surface area contributed by atoms with Crippen molar-refractivity contribution in [3.63, 3.8) is 0 Å². The van der Waals surface area contributed by atoms with Crippen LogP contribution in [0.2, 0.25) is 0 Å². The highest BCUT2D eigenvalue weighted by atomic mass is 16.5. The summed E-state index contributed by atoms with van der Waals surface area (Å²) in [5.74, 6) is 0.642. The van der Waals surface area contributed by atoms with Crippen LogP contribution in [0.15, 0.2) is 18.2 Å². The molecule has 1 aliphatic carbocycles. The van der Waals surface area contributed by atoms with Gasteiger partial charge in [-0.1, -0.05) is 0 Å². The molecule has 1 aromatic rings. The van der Waals surface area contributed by atoms with Crippen molar-refractivity contribution < 1.29 is 23.8 Å². The van der Waals surface area contributed by atoms with Crippen LogP contribution in [0.25, 0.3) is 0 Å². The van der Waals surface area contributed by atoms with E-state index >= 15 is 0 Å². The number of ether oxygens (including phenoxy) is 3. The maximum Gasteiger partial charge on any atom is 0.341 e. The van der Waals surface area contributed by atoms with Gasteiger partial charge in [0.15, 0.2) is 6.61 Å². The summed E-state index contributed by atoms with van der Waals surface area (Å²) in [6, 6.07) is 4.92. The quantitative estimate of drug-likeness (QED) is 0.777. The molecule has 1 fully saturated rings. The lowest BCUT2D eigenvalue weighted by atomic mass is 10.2. The van der Waals surface area contributed by atoms with Crippen molar-refractivity contribution in [2.24, 2.45) is 5.92 Å². The van der Waals surface area contributed by atoms with Gasteiger partial charge in [0.25, 0.3) is 5.91 Å². The molecule has 1 saturated carbocycles. The minimum Gasteiger partial charge on any atom is -0.497 e. The molecule has 0 heterocycles. The molecule has 1 unspecified atom stereocenters. The molecular formula is C16H21NO5. The standard InChI is InChI=1S/C16H21NO5/c1-10(11-4-5-11)17-15(18)9-22-14-7-6-12(20-2)8-13(14)16(19)21-3/h6-8,10-11H,4-5,9H2,1-3H3,(H,17,18). The molecular weight excluding hydrogens is 286 g/mol. The van der Waals surface area contributed by atoms with Gasteiger partial charge in [0.1, 0.15) is 17.1 Å². The normalized spacial score (nSPS) is 14.9. The summed E-state index contributed by atoms with van der Waals surface area (Å²) in [5.41, 5.74) is 0.227. The summed E-state index contributed by atoms with van der Waals surface area (Å²) in [4.78, 5) is 23.6. The van der Waals surface area contributed by atoms with Crippen LogP contribution < -0.4 is 14.8 Å². The number of rotatable bonds is 7. The van der Waals surface area contributed by atoms with Crippen LogP contribution in [0.4, 0.5) is 0 Å². The molecule has 0 aromatic heterocycles. The minimum absolute atomic E-state index is 0.145. The van der Waals surface area contributed by atoms with Crippen molar-refractivity contribution in [3.05, 3.63) is 23.8 Å². The first kappa shape index (κ1) is 16.1. The maximum atomic E-state index is 11.9. The summed E-state index contributed by atoms with van der Waals surface area (Å²) in [6.45, 7) is 1.84. The number of amides is 1. The second-order valence-corrected chi connectivity index (χ2v) is 5.34. The van der Waals surface area contributed by atoms with Crippen molar-refractivity contribution in [3.8, 4) is 11.5 Å². The van der Waals surface area contributed by atoms with Gasteiger partial charge in [-0.05, 0) is 43.9 Å². The van der Waals surface area contributed by atoms with Crippen LogP contribution in [0.3, 0.4) is 0 Å². The van der Waals surface area contributed by atoms with Gasteiger partial charge in [0.05, 0.1) is 14.2 Å². The molecule has 1 atom stereocenters. The molecule has 0 radical (unpaired) electrons. The van der Waals surface area contributed by atoms with Crippen molar-refractivity contribution in [1.82, 2.24) is 5.32 Å². The zero-order valence-electron chi connectivity index (χ0n) is 13.0. The van der Waals surface area contributed by atoms with E-state index in [-0.39, 0.29) is 24.1 Å². The van der Waals surface area contributed by atoms with Gasteiger partial charge in [-0.15, -0.1) is 0 Å². The van der Waals surface area contributed by atoms with E-state index < -0.39 is 5.97 Å². The van der Waals surface area contributed by atoms with Gasteiger partial charge in [-0.25, -0.2) is 4.79 Å². The fourth-order valence-electron chi connectivity index (χ4n) is 2.18. The Kier molecular flexibility index (Phi) is 5.25. The minimum atomic E-state index is -0.541. The lowest BCUT2D eigenvalue weighted by molar-refractivity contribution is -0.123. The zero-order chi connectivity index (χ0) is 16.1. The van der Waals surface area contributed by atoms with E-state index in [1.807, 2.05) is 6.92 Å². The number of benzene rings is 1. The van der Waals surface area contributed by atoms with Gasteiger partial charge in [0, 0.05) is 6.04 Å². The Morgan fingerprint density at radius 3 is 2.64 bits per heavy atom. The van der Waals surface area contributed by atoms with E-state index in [0.717, 1.165) is 12.8 Å². The van der Waals surface area contributed by atoms with Crippen LogP contribution >= 0.6 is 0 Å². The van der Waals surface area contributed by atoms with Crippen LogP contribution in [0, 0.1) is 5.92 Å². The van der Waals surface area contributed by atoms with Crippen molar-refractivity contribution in [1.29, 1.82) is 0 Å². The van der Waals surface area contributed by atoms with Crippen molar-refractivity contribution >= 4 is 11.9 Å². The van der Waals surface area contributed by atoms with Gasteiger partial charge in [-0.3, -0.25) is 4.79 Å². The Labute approximate surface area is 129 Å². The third kappa shape index (κ3) is 4.13. The predicted molar refractivity (Wildman–Crippen MR) is 80.2 cm³/mol. The highest BCUT2D eigenvalue weighted by molar-refractivity contribution is 5.93. The molecule has 1 amide bonds. The number of methoxy groups -OCH3 is 2. The molecule has 0 saturated heterocycles. The topological polar surface area (TPSA) is 73.9 Å². The second kappa shape index (κ2) is 7.15. The van der Waals surface area contributed by atoms with Gasteiger partial charge in [-0.2, -0.15) is 0 Å². The number of esters is 1. The SMILES string of the molecule is COC(=O)c1cc(OC)ccc1OCC(=O)NC(C)C1CC1. The summed E-state index contributed by atoms with van der Waals surface area (Å²) in [7, 11) is 2.79. The molecule has 1 aromatic carbocycles. The predicted octanol–water partition coefficient (Wildman–Crippen LogP) is 1.78. The third-order valence-corrected chi connectivity index (χ3v) is 3.67. The van der Waals surface area contributed by atoms with E-state index in [9.17, 15) is 9.59 Å². The summed E-state index contributed by atoms with van der Waals surface area (Å²) in [6.07, 6.45) is 2.32. The zero-order valence-corrected chi connectivity index (χ0v) is 13.0. The van der Waals surface area contributed by atoms with Crippen molar-refractivity contribution in [2.45, 2.75) is 25.8 Å². The van der Waals surface area contributed by atoms with Crippen LogP contribution in [-0.2, 0) is 9.53 Å². The lowest BCUT2D eigenvalue weighted by Crippen LogP contribution is -2.37. The molecule has 22 heavy (non-hydrogen) atoms. The van der Waals surface area contributed by atoms with Crippen LogP contribution in [-0.4, -0.2) is 38.7 Å². The Balaban J connectivity index is 1.98. The average molecular weight is 307 g/mol. The Morgan fingerprint density at radius 1 is 1.32 bits per heavy atom. The number of carbonyl (C=O) groups excluding carboxylic acids is 2. The second-order valence-electron chi connectivity index (χ2n) is 5.34. The summed E-state index contributed by atoms with van der Waals surface area (Å²) < 4.78 is 15.2. The first-order valence-corrected chi connectivity index (χ1v) is 7.23. The van der Waals surface area contributed by atoms with Gasteiger partial charge >= 0.3 is 5.97 Å². The molecule has 6 heteroatoms. The van der Waals surface area contributed by atoms with E-state index in [2.05, 4.69) is 5.32 Å². The molecule has 0 spiro atoms. The summed E-state index contributed by atoms with van der Waals surface area (Å²) >= 11 is 0. The van der Waals surface area contributed by atoms with E-state index in [1.165, 1.54) is 20.3 Å². The Bertz CT molecular complexity index is 553. The van der Waals surface area contributed by atoms with Crippen LogP contribution in [0.1, 0.15) is 30.1 Å². The number of nitrogens with one attached hydrogen (secondary N) is 1. The van der Waals surface area contributed by atoms with E-state index in [0.29, 0.717) is 17.4 Å². The number of hydrogen-bond donors (Lipinski definition) is 1. The fraction of sp³-hybridized carbons (Fsp3) is 0.500. The molecule has 2 rings (SSSR count). The Hall–Kier alpha value is -2.24. The first-order chi connectivity index (χ1) is 10.5. The van der Waals surface area contributed by atoms with E-state index in [1.54, 1.807) is 12.1 Å². The van der Waals surface area contributed by atoms with Gasteiger partial charge in [0.2, 0.25) is 0 Å². The molecule has 0 bridgehead atoms. The number of hydrogen-bond acceptors (Lipinski definition) is 5. The molecule has 1 aliphatic rings. The van der Waals surface area contributed by atoms with Crippen LogP contribution in [0.5, 0.6) is 11.5 Å². The first-order valence-electron chi connectivity index (χ1n) is 7.23. The molecule has 0 aliphatic heterocycles. The lowest BCUT2D eigenvalue weighted by Gasteiger charge is -2.14. The highest BCUT2D eigenvalue weighted by Crippen LogP contribution is 2.32. The van der Waals surface area contributed by atoms with Gasteiger partial charge < -0.3 is 19.5 Å². The fourth-order valence-corrected chi connectivity index (χ4v) is 2.18. The maximum absolute atomic E-state index is 11.9. The molecule has 120 valence electrons.